The third kappa shape index (κ3) is 3.38. The van der Waals surface area contributed by atoms with Crippen molar-refractivity contribution in [3.8, 4) is 0 Å². The lowest BCUT2D eigenvalue weighted by atomic mass is 10.3. The monoisotopic (exact) mass is 283 g/mol. The molecule has 6 nitrogen and oxygen atoms in total. The molecule has 2 amide bonds. The predicted molar refractivity (Wildman–Crippen MR) is 72.3 cm³/mol. The van der Waals surface area contributed by atoms with E-state index in [4.69, 9.17) is 11.6 Å². The molecule has 0 spiro atoms. The summed E-state index contributed by atoms with van der Waals surface area (Å²) in [6, 6.07) is 6.39. The van der Waals surface area contributed by atoms with Gasteiger partial charge in [0.05, 0.1) is 0 Å². The minimum absolute atomic E-state index is 0.297. The molecule has 8 heteroatoms. The second-order valence-electron chi connectivity index (χ2n) is 3.26. The van der Waals surface area contributed by atoms with Gasteiger partial charge in [0.15, 0.2) is 0 Å². The van der Waals surface area contributed by atoms with Gasteiger partial charge in [-0.1, -0.05) is 23.4 Å². The van der Waals surface area contributed by atoms with Gasteiger partial charge in [-0.05, 0) is 30.5 Å². The van der Waals surface area contributed by atoms with Crippen LogP contribution in [0.3, 0.4) is 0 Å². The SMILES string of the molecule is CSc1n[nH]c(NC(=O)Nc2ccc(Cl)cc2)n1. The van der Waals surface area contributed by atoms with E-state index in [1.807, 2.05) is 6.26 Å². The molecule has 18 heavy (non-hydrogen) atoms. The van der Waals surface area contributed by atoms with Crippen molar-refractivity contribution >= 4 is 41.0 Å². The molecule has 0 radical (unpaired) electrons. The molecular formula is C10H10ClN5OS. The van der Waals surface area contributed by atoms with E-state index >= 15 is 0 Å². The first-order valence-electron chi connectivity index (χ1n) is 4.97. The van der Waals surface area contributed by atoms with Gasteiger partial charge in [0.25, 0.3) is 0 Å². The molecular weight excluding hydrogens is 274 g/mol. The molecule has 0 aliphatic rings. The van der Waals surface area contributed by atoms with E-state index in [1.165, 1.54) is 11.8 Å². The smallest absolute Gasteiger partial charge is 0.308 e. The zero-order valence-corrected chi connectivity index (χ0v) is 11.0. The fraction of sp³-hybridized carbons (Fsp3) is 0.100. The molecule has 0 fully saturated rings. The van der Waals surface area contributed by atoms with Gasteiger partial charge in [-0.3, -0.25) is 5.32 Å². The number of carbonyl (C=O) groups is 1. The van der Waals surface area contributed by atoms with Crippen LogP contribution in [0.5, 0.6) is 0 Å². The van der Waals surface area contributed by atoms with E-state index in [0.29, 0.717) is 21.8 Å². The number of nitrogens with one attached hydrogen (secondary N) is 3. The molecule has 3 N–H and O–H groups in total. The maximum absolute atomic E-state index is 11.6. The highest BCUT2D eigenvalue weighted by Crippen LogP contribution is 2.14. The lowest BCUT2D eigenvalue weighted by molar-refractivity contribution is 0.262. The average molecular weight is 284 g/mol. The summed E-state index contributed by atoms with van der Waals surface area (Å²) < 4.78 is 0. The number of carbonyl (C=O) groups excluding carboxylic acids is 1. The highest BCUT2D eigenvalue weighted by atomic mass is 35.5. The molecule has 0 atom stereocenters. The van der Waals surface area contributed by atoms with Crippen LogP contribution in [0.2, 0.25) is 5.02 Å². The number of nitrogens with zero attached hydrogens (tertiary/aromatic N) is 2. The second kappa shape index (κ2) is 5.74. The fourth-order valence-electron chi connectivity index (χ4n) is 1.20. The normalized spacial score (nSPS) is 10.1. The quantitative estimate of drug-likeness (QED) is 0.757. The third-order valence-electron chi connectivity index (χ3n) is 1.98. The summed E-state index contributed by atoms with van der Waals surface area (Å²) >= 11 is 7.13. The van der Waals surface area contributed by atoms with Crippen molar-refractivity contribution in [1.82, 2.24) is 15.2 Å². The van der Waals surface area contributed by atoms with E-state index in [-0.39, 0.29) is 0 Å². The molecule has 0 unspecified atom stereocenters. The molecule has 0 aliphatic heterocycles. The van der Waals surface area contributed by atoms with Crippen LogP contribution in [0.4, 0.5) is 16.4 Å². The standard InChI is InChI=1S/C10H10ClN5OS/c1-18-10-14-8(15-16-10)13-9(17)12-7-4-2-6(11)3-5-7/h2-5H,1H3,(H3,12,13,14,15,16,17). The summed E-state index contributed by atoms with van der Waals surface area (Å²) in [6.45, 7) is 0. The first-order valence-corrected chi connectivity index (χ1v) is 6.57. The van der Waals surface area contributed by atoms with Gasteiger partial charge in [0.2, 0.25) is 11.1 Å². The first-order chi connectivity index (χ1) is 8.67. The number of halogens is 1. The van der Waals surface area contributed by atoms with Gasteiger partial charge in [0.1, 0.15) is 0 Å². The van der Waals surface area contributed by atoms with E-state index in [9.17, 15) is 4.79 Å². The van der Waals surface area contributed by atoms with Crippen molar-refractivity contribution in [3.05, 3.63) is 29.3 Å². The molecule has 0 aliphatic carbocycles. The van der Waals surface area contributed by atoms with Crippen LogP contribution in [0.1, 0.15) is 0 Å². The van der Waals surface area contributed by atoms with Gasteiger partial charge < -0.3 is 5.32 Å². The number of amides is 2. The Labute approximate surface area is 113 Å². The number of rotatable bonds is 3. The summed E-state index contributed by atoms with van der Waals surface area (Å²) in [5, 5.41) is 12.8. The number of aromatic amines is 1. The molecule has 2 aromatic rings. The maximum atomic E-state index is 11.6. The number of thioether (sulfide) groups is 1. The Balaban J connectivity index is 1.94. The van der Waals surface area contributed by atoms with Crippen LogP contribution >= 0.6 is 23.4 Å². The largest absolute Gasteiger partial charge is 0.326 e. The lowest BCUT2D eigenvalue weighted by Gasteiger charge is -2.04. The van der Waals surface area contributed by atoms with Crippen molar-refractivity contribution in [1.29, 1.82) is 0 Å². The number of urea groups is 1. The van der Waals surface area contributed by atoms with Crippen molar-refractivity contribution in [2.45, 2.75) is 5.16 Å². The molecule has 94 valence electrons. The molecule has 0 saturated carbocycles. The van der Waals surface area contributed by atoms with Gasteiger partial charge in [-0.15, -0.1) is 5.10 Å². The third-order valence-corrected chi connectivity index (χ3v) is 2.78. The van der Waals surface area contributed by atoms with E-state index in [2.05, 4.69) is 25.8 Å². The summed E-state index contributed by atoms with van der Waals surface area (Å²) in [5.41, 5.74) is 0.640. The Kier molecular flexibility index (Phi) is 4.06. The Morgan fingerprint density at radius 2 is 2.06 bits per heavy atom. The van der Waals surface area contributed by atoms with Crippen LogP contribution in [0, 0.1) is 0 Å². The second-order valence-corrected chi connectivity index (χ2v) is 4.47. The Hall–Kier alpha value is -1.73. The van der Waals surface area contributed by atoms with Gasteiger partial charge >= 0.3 is 6.03 Å². The number of anilines is 2. The molecule has 0 bridgehead atoms. The van der Waals surface area contributed by atoms with Gasteiger partial charge in [0, 0.05) is 10.7 Å². The predicted octanol–water partition coefficient (Wildman–Crippen LogP) is 2.82. The number of hydrogen-bond donors (Lipinski definition) is 3. The van der Waals surface area contributed by atoms with E-state index in [1.54, 1.807) is 24.3 Å². The number of H-pyrrole nitrogens is 1. The summed E-state index contributed by atoms with van der Waals surface area (Å²) in [7, 11) is 0. The molecule has 1 aromatic carbocycles. The van der Waals surface area contributed by atoms with E-state index in [0.717, 1.165) is 0 Å². The first kappa shape index (κ1) is 12.7. The summed E-state index contributed by atoms with van der Waals surface area (Å²) in [5.74, 6) is 0.297. The minimum Gasteiger partial charge on any atom is -0.308 e. The Morgan fingerprint density at radius 3 is 2.67 bits per heavy atom. The van der Waals surface area contributed by atoms with Crippen molar-refractivity contribution in [2.24, 2.45) is 0 Å². The van der Waals surface area contributed by atoms with Crippen molar-refractivity contribution in [3.63, 3.8) is 0 Å². The van der Waals surface area contributed by atoms with Crippen LogP contribution in [-0.4, -0.2) is 27.5 Å². The van der Waals surface area contributed by atoms with Gasteiger partial charge in [-0.2, -0.15) is 4.98 Å². The van der Waals surface area contributed by atoms with Crippen LogP contribution < -0.4 is 10.6 Å². The molecule has 0 saturated heterocycles. The van der Waals surface area contributed by atoms with Crippen LogP contribution in [0.15, 0.2) is 29.4 Å². The van der Waals surface area contributed by atoms with Crippen molar-refractivity contribution in [2.75, 3.05) is 16.9 Å². The Bertz CT molecular complexity index is 541. The highest BCUT2D eigenvalue weighted by Gasteiger charge is 2.06. The van der Waals surface area contributed by atoms with Crippen molar-refractivity contribution < 1.29 is 4.79 Å². The van der Waals surface area contributed by atoms with Crippen LogP contribution in [-0.2, 0) is 0 Å². The fourth-order valence-corrected chi connectivity index (χ4v) is 1.64. The maximum Gasteiger partial charge on any atom is 0.326 e. The average Bonchev–Trinajstić information content (AvgIpc) is 2.79. The van der Waals surface area contributed by atoms with Crippen LogP contribution in [0.25, 0.3) is 0 Å². The summed E-state index contributed by atoms with van der Waals surface area (Å²) in [4.78, 5) is 15.6. The Morgan fingerprint density at radius 1 is 1.33 bits per heavy atom. The molecule has 1 heterocycles. The number of benzene rings is 1. The van der Waals surface area contributed by atoms with Gasteiger partial charge in [-0.25, -0.2) is 9.89 Å². The lowest BCUT2D eigenvalue weighted by Crippen LogP contribution is -2.20. The summed E-state index contributed by atoms with van der Waals surface area (Å²) in [6.07, 6.45) is 1.85. The topological polar surface area (TPSA) is 82.7 Å². The highest BCUT2D eigenvalue weighted by molar-refractivity contribution is 7.98. The van der Waals surface area contributed by atoms with E-state index < -0.39 is 6.03 Å². The number of aromatic nitrogens is 3. The molecule has 2 rings (SSSR count). The minimum atomic E-state index is -0.402. The zero-order chi connectivity index (χ0) is 13.0. The number of hydrogen-bond acceptors (Lipinski definition) is 4. The molecule has 1 aromatic heterocycles. The zero-order valence-electron chi connectivity index (χ0n) is 9.40.